The van der Waals surface area contributed by atoms with Crippen molar-refractivity contribution in [3.8, 4) is 6.07 Å². The number of benzene rings is 2. The van der Waals surface area contributed by atoms with Gasteiger partial charge in [0.2, 0.25) is 0 Å². The zero-order valence-corrected chi connectivity index (χ0v) is 11.3. The Morgan fingerprint density at radius 2 is 2.00 bits per heavy atom. The van der Waals surface area contributed by atoms with E-state index in [1.54, 1.807) is 36.4 Å². The Bertz CT molecular complexity index is 664. The number of amides is 2. The van der Waals surface area contributed by atoms with Crippen LogP contribution in [0.15, 0.2) is 48.5 Å². The van der Waals surface area contributed by atoms with Gasteiger partial charge in [-0.25, -0.2) is 4.79 Å². The van der Waals surface area contributed by atoms with Crippen LogP contribution in [-0.2, 0) is 6.54 Å². The molecule has 2 aromatic rings. The van der Waals surface area contributed by atoms with E-state index >= 15 is 0 Å². The number of rotatable bonds is 3. The highest BCUT2D eigenvalue weighted by Gasteiger charge is 2.02. The molecule has 0 atom stereocenters. The molecule has 0 saturated carbocycles. The van der Waals surface area contributed by atoms with Gasteiger partial charge in [0.05, 0.1) is 11.6 Å². The lowest BCUT2D eigenvalue weighted by molar-refractivity contribution is 0.251. The third-order valence-electron chi connectivity index (χ3n) is 2.59. The predicted octanol–water partition coefficient (Wildman–Crippen LogP) is 3.53. The average Bonchev–Trinajstić information content (AvgIpc) is 2.45. The van der Waals surface area contributed by atoms with Crippen LogP contribution in [0.25, 0.3) is 0 Å². The molecule has 100 valence electrons. The van der Waals surface area contributed by atoms with Gasteiger partial charge in [-0.05, 0) is 35.9 Å². The van der Waals surface area contributed by atoms with Gasteiger partial charge >= 0.3 is 6.03 Å². The highest BCUT2D eigenvalue weighted by molar-refractivity contribution is 6.30. The van der Waals surface area contributed by atoms with E-state index in [1.165, 1.54) is 0 Å². The lowest BCUT2D eigenvalue weighted by Crippen LogP contribution is -2.28. The van der Waals surface area contributed by atoms with Crippen molar-refractivity contribution in [3.63, 3.8) is 0 Å². The Labute approximate surface area is 122 Å². The van der Waals surface area contributed by atoms with Crippen molar-refractivity contribution >= 4 is 23.3 Å². The number of nitrogens with zero attached hydrogens (tertiary/aromatic N) is 1. The Hall–Kier alpha value is -2.51. The van der Waals surface area contributed by atoms with E-state index in [2.05, 4.69) is 10.6 Å². The molecule has 0 saturated heterocycles. The van der Waals surface area contributed by atoms with Crippen LogP contribution in [0.4, 0.5) is 10.5 Å². The first kappa shape index (κ1) is 13.9. The first-order valence-corrected chi connectivity index (χ1v) is 6.34. The Morgan fingerprint density at radius 1 is 1.20 bits per heavy atom. The summed E-state index contributed by atoms with van der Waals surface area (Å²) in [5, 5.41) is 14.8. The molecule has 0 fully saturated rings. The summed E-state index contributed by atoms with van der Waals surface area (Å²) in [6, 6.07) is 15.7. The van der Waals surface area contributed by atoms with Crippen LogP contribution in [0.1, 0.15) is 11.1 Å². The smallest absolute Gasteiger partial charge is 0.319 e. The number of nitriles is 1. The summed E-state index contributed by atoms with van der Waals surface area (Å²) in [5.74, 6) is 0. The summed E-state index contributed by atoms with van der Waals surface area (Å²) in [4.78, 5) is 11.7. The number of carbonyl (C=O) groups excluding carboxylic acids is 1. The van der Waals surface area contributed by atoms with E-state index in [-0.39, 0.29) is 6.03 Å². The zero-order valence-electron chi connectivity index (χ0n) is 10.6. The van der Waals surface area contributed by atoms with Crippen LogP contribution in [0.3, 0.4) is 0 Å². The van der Waals surface area contributed by atoms with Crippen LogP contribution < -0.4 is 10.6 Å². The standard InChI is InChI=1S/C15H12ClN3O/c16-13-5-1-4-12(7-13)10-18-15(20)19-14-6-2-3-11(8-14)9-17/h1-8H,10H2,(H2,18,19,20). The van der Waals surface area contributed by atoms with Gasteiger partial charge in [-0.1, -0.05) is 29.8 Å². The van der Waals surface area contributed by atoms with Crippen molar-refractivity contribution in [1.82, 2.24) is 5.32 Å². The van der Waals surface area contributed by atoms with Gasteiger partial charge in [-0.3, -0.25) is 0 Å². The van der Waals surface area contributed by atoms with Gasteiger partial charge in [0, 0.05) is 17.3 Å². The summed E-state index contributed by atoms with van der Waals surface area (Å²) in [6.45, 7) is 0.379. The van der Waals surface area contributed by atoms with E-state index in [9.17, 15) is 4.79 Å². The second-order valence-corrected chi connectivity index (χ2v) is 4.57. The molecule has 2 rings (SSSR count). The molecule has 0 spiro atoms. The van der Waals surface area contributed by atoms with E-state index < -0.39 is 0 Å². The van der Waals surface area contributed by atoms with Crippen molar-refractivity contribution in [1.29, 1.82) is 5.26 Å². The first-order chi connectivity index (χ1) is 9.67. The number of hydrogen-bond acceptors (Lipinski definition) is 2. The molecule has 0 bridgehead atoms. The minimum Gasteiger partial charge on any atom is -0.334 e. The lowest BCUT2D eigenvalue weighted by atomic mass is 10.2. The number of hydrogen-bond donors (Lipinski definition) is 2. The van der Waals surface area contributed by atoms with Gasteiger partial charge in [0.25, 0.3) is 0 Å². The van der Waals surface area contributed by atoms with Gasteiger partial charge in [0.1, 0.15) is 0 Å². The largest absolute Gasteiger partial charge is 0.334 e. The quantitative estimate of drug-likeness (QED) is 0.906. The predicted molar refractivity (Wildman–Crippen MR) is 78.5 cm³/mol. The summed E-state index contributed by atoms with van der Waals surface area (Å²) in [7, 11) is 0. The number of halogens is 1. The number of anilines is 1. The van der Waals surface area contributed by atoms with Crippen molar-refractivity contribution < 1.29 is 4.79 Å². The fraction of sp³-hybridized carbons (Fsp3) is 0.0667. The molecule has 0 aromatic heterocycles. The molecule has 4 nitrogen and oxygen atoms in total. The molecule has 2 amide bonds. The minimum atomic E-state index is -0.333. The number of carbonyl (C=O) groups is 1. The second-order valence-electron chi connectivity index (χ2n) is 4.13. The normalized spacial score (nSPS) is 9.60. The van der Waals surface area contributed by atoms with E-state index in [0.717, 1.165) is 5.56 Å². The summed E-state index contributed by atoms with van der Waals surface area (Å²) < 4.78 is 0. The van der Waals surface area contributed by atoms with Gasteiger partial charge in [0.15, 0.2) is 0 Å². The minimum absolute atomic E-state index is 0.333. The average molecular weight is 286 g/mol. The molecule has 0 aliphatic heterocycles. The van der Waals surface area contributed by atoms with Crippen LogP contribution in [0.5, 0.6) is 0 Å². The molecule has 20 heavy (non-hydrogen) atoms. The molecular formula is C15H12ClN3O. The van der Waals surface area contributed by atoms with E-state index in [1.807, 2.05) is 18.2 Å². The molecule has 2 N–H and O–H groups in total. The summed E-state index contributed by atoms with van der Waals surface area (Å²) >= 11 is 5.86. The van der Waals surface area contributed by atoms with E-state index in [4.69, 9.17) is 16.9 Å². The highest BCUT2D eigenvalue weighted by Crippen LogP contribution is 2.11. The SMILES string of the molecule is N#Cc1cccc(NC(=O)NCc2cccc(Cl)c2)c1. The molecule has 0 aliphatic rings. The molecule has 0 heterocycles. The fourth-order valence-electron chi connectivity index (χ4n) is 1.67. The maximum Gasteiger partial charge on any atom is 0.319 e. The molecular weight excluding hydrogens is 274 g/mol. The third kappa shape index (κ3) is 4.01. The van der Waals surface area contributed by atoms with Gasteiger partial charge in [-0.2, -0.15) is 5.26 Å². The van der Waals surface area contributed by atoms with Gasteiger partial charge in [-0.15, -0.1) is 0 Å². The molecule has 5 heteroatoms. The number of urea groups is 1. The fourth-order valence-corrected chi connectivity index (χ4v) is 1.88. The second kappa shape index (κ2) is 6.60. The monoisotopic (exact) mass is 285 g/mol. The molecule has 0 radical (unpaired) electrons. The van der Waals surface area contributed by atoms with E-state index in [0.29, 0.717) is 22.8 Å². The maximum atomic E-state index is 11.7. The highest BCUT2D eigenvalue weighted by atomic mass is 35.5. The van der Waals surface area contributed by atoms with Crippen LogP contribution in [0.2, 0.25) is 5.02 Å². The van der Waals surface area contributed by atoms with Crippen LogP contribution >= 0.6 is 11.6 Å². The zero-order chi connectivity index (χ0) is 14.4. The van der Waals surface area contributed by atoms with Crippen molar-refractivity contribution in [2.24, 2.45) is 0 Å². The maximum absolute atomic E-state index is 11.7. The Kier molecular flexibility index (Phi) is 4.59. The summed E-state index contributed by atoms with van der Waals surface area (Å²) in [6.07, 6.45) is 0. The van der Waals surface area contributed by atoms with Crippen molar-refractivity contribution in [2.75, 3.05) is 5.32 Å². The molecule has 0 unspecified atom stereocenters. The Morgan fingerprint density at radius 3 is 2.75 bits per heavy atom. The first-order valence-electron chi connectivity index (χ1n) is 5.97. The third-order valence-corrected chi connectivity index (χ3v) is 2.83. The van der Waals surface area contributed by atoms with Crippen molar-refractivity contribution in [2.45, 2.75) is 6.54 Å². The Balaban J connectivity index is 1.91. The number of nitrogens with one attached hydrogen (secondary N) is 2. The van der Waals surface area contributed by atoms with Crippen LogP contribution in [0, 0.1) is 11.3 Å². The topological polar surface area (TPSA) is 64.9 Å². The molecule has 0 aliphatic carbocycles. The molecule has 2 aromatic carbocycles. The van der Waals surface area contributed by atoms with Gasteiger partial charge < -0.3 is 10.6 Å². The summed E-state index contributed by atoms with van der Waals surface area (Å²) in [5.41, 5.74) is 1.99. The van der Waals surface area contributed by atoms with Crippen molar-refractivity contribution in [3.05, 3.63) is 64.7 Å². The van der Waals surface area contributed by atoms with Crippen LogP contribution in [-0.4, -0.2) is 6.03 Å². The lowest BCUT2D eigenvalue weighted by Gasteiger charge is -2.08.